The Balaban J connectivity index is 2.19. The second kappa shape index (κ2) is 3.59. The second-order valence-electron chi connectivity index (χ2n) is 3.90. The van der Waals surface area contributed by atoms with Gasteiger partial charge in [0.2, 0.25) is 10.0 Å². The van der Waals surface area contributed by atoms with Gasteiger partial charge in [0.25, 0.3) is 0 Å². The van der Waals surface area contributed by atoms with Crippen molar-refractivity contribution in [3.05, 3.63) is 29.8 Å². The van der Waals surface area contributed by atoms with Crippen molar-refractivity contribution in [2.24, 2.45) is 11.1 Å². The summed E-state index contributed by atoms with van der Waals surface area (Å²) in [7, 11) is -3.59. The van der Waals surface area contributed by atoms with Crippen LogP contribution >= 0.6 is 0 Å². The molecule has 0 bridgehead atoms. The number of sulfonamides is 1. The highest BCUT2D eigenvalue weighted by Gasteiger charge is 2.37. The molecule has 0 heterocycles. The molecule has 1 saturated carbocycles. The summed E-state index contributed by atoms with van der Waals surface area (Å²) in [5.41, 5.74) is 1.07. The molecule has 5 heteroatoms. The van der Waals surface area contributed by atoms with Crippen molar-refractivity contribution in [3.8, 4) is 0 Å². The molecule has 1 aliphatic rings. The van der Waals surface area contributed by atoms with Crippen molar-refractivity contribution in [3.63, 3.8) is 0 Å². The Morgan fingerprint density at radius 3 is 2.33 bits per heavy atom. The molecule has 1 aromatic rings. The zero-order valence-corrected chi connectivity index (χ0v) is 8.94. The summed E-state index contributed by atoms with van der Waals surface area (Å²) < 4.78 is 22.0. The summed E-state index contributed by atoms with van der Waals surface area (Å²) in [5, 5.41) is 13.9. The second-order valence-corrected chi connectivity index (χ2v) is 5.46. The van der Waals surface area contributed by atoms with Gasteiger partial charge in [0, 0.05) is 6.61 Å². The lowest BCUT2D eigenvalue weighted by molar-refractivity contribution is 0.274. The van der Waals surface area contributed by atoms with Crippen LogP contribution in [0.4, 0.5) is 0 Å². The summed E-state index contributed by atoms with van der Waals surface area (Å²) in [6.45, 7) is 0.196. The molecule has 1 fully saturated rings. The smallest absolute Gasteiger partial charge is 0.238 e. The van der Waals surface area contributed by atoms with Gasteiger partial charge in [0.1, 0.15) is 0 Å². The number of primary sulfonamides is 1. The third-order valence-corrected chi connectivity index (χ3v) is 3.72. The van der Waals surface area contributed by atoms with E-state index in [1.165, 1.54) is 12.1 Å². The maximum atomic E-state index is 11.0. The first-order valence-corrected chi connectivity index (χ1v) is 6.30. The Morgan fingerprint density at radius 1 is 1.33 bits per heavy atom. The average molecular weight is 227 g/mol. The zero-order chi connectivity index (χ0) is 11.1. The van der Waals surface area contributed by atoms with Crippen LogP contribution in [0.2, 0.25) is 0 Å². The van der Waals surface area contributed by atoms with Crippen molar-refractivity contribution < 1.29 is 13.5 Å². The topological polar surface area (TPSA) is 80.4 Å². The van der Waals surface area contributed by atoms with Crippen LogP contribution in [0.5, 0.6) is 0 Å². The molecule has 82 valence electrons. The van der Waals surface area contributed by atoms with Gasteiger partial charge in [0.05, 0.1) is 4.90 Å². The molecule has 0 radical (unpaired) electrons. The van der Waals surface area contributed by atoms with Gasteiger partial charge in [-0.2, -0.15) is 0 Å². The van der Waals surface area contributed by atoms with E-state index >= 15 is 0 Å². The van der Waals surface area contributed by atoms with Crippen molar-refractivity contribution >= 4 is 10.0 Å². The van der Waals surface area contributed by atoms with Gasteiger partial charge < -0.3 is 5.11 Å². The molecule has 0 aliphatic heterocycles. The molecule has 2 atom stereocenters. The van der Waals surface area contributed by atoms with E-state index in [1.54, 1.807) is 12.1 Å². The molecule has 0 spiro atoms. The van der Waals surface area contributed by atoms with Crippen LogP contribution in [0.3, 0.4) is 0 Å². The molecule has 0 aromatic heterocycles. The van der Waals surface area contributed by atoms with Crippen LogP contribution in [-0.4, -0.2) is 20.1 Å². The van der Waals surface area contributed by atoms with E-state index < -0.39 is 10.0 Å². The monoisotopic (exact) mass is 227 g/mol. The Labute approximate surface area is 88.8 Å². The lowest BCUT2D eigenvalue weighted by atomic mass is 10.1. The van der Waals surface area contributed by atoms with Gasteiger partial charge in [-0.1, -0.05) is 12.1 Å². The fourth-order valence-electron chi connectivity index (χ4n) is 1.76. The van der Waals surface area contributed by atoms with Crippen LogP contribution in [0.15, 0.2) is 29.2 Å². The minimum atomic E-state index is -3.59. The number of rotatable bonds is 3. The summed E-state index contributed by atoms with van der Waals surface area (Å²) in [5.74, 6) is 0.717. The lowest BCUT2D eigenvalue weighted by Crippen LogP contribution is -2.11. The highest BCUT2D eigenvalue weighted by Crippen LogP contribution is 2.46. The Kier molecular flexibility index (Phi) is 2.54. The number of hydrogen-bond acceptors (Lipinski definition) is 3. The predicted octanol–water partition coefficient (Wildman–Crippen LogP) is 0.430. The largest absolute Gasteiger partial charge is 0.396 e. The van der Waals surface area contributed by atoms with Crippen LogP contribution in [0.1, 0.15) is 17.9 Å². The molecular formula is C10H13NO3S. The molecule has 3 N–H and O–H groups in total. The maximum Gasteiger partial charge on any atom is 0.238 e. The van der Waals surface area contributed by atoms with Crippen LogP contribution < -0.4 is 5.14 Å². The van der Waals surface area contributed by atoms with E-state index in [9.17, 15) is 8.42 Å². The van der Waals surface area contributed by atoms with Crippen molar-refractivity contribution in [1.29, 1.82) is 0 Å². The number of benzene rings is 1. The normalized spacial score (nSPS) is 25.2. The van der Waals surface area contributed by atoms with E-state index in [4.69, 9.17) is 10.2 Å². The number of aliphatic hydroxyl groups is 1. The van der Waals surface area contributed by atoms with Crippen LogP contribution in [0.25, 0.3) is 0 Å². The van der Waals surface area contributed by atoms with E-state index in [1.807, 2.05) is 0 Å². The quantitative estimate of drug-likeness (QED) is 0.785. The van der Waals surface area contributed by atoms with Gasteiger partial charge in [-0.15, -0.1) is 0 Å². The highest BCUT2D eigenvalue weighted by atomic mass is 32.2. The molecule has 2 rings (SSSR count). The SMILES string of the molecule is NS(=O)(=O)c1ccc([C@@H]2C[C@H]2CO)cc1. The first-order valence-electron chi connectivity index (χ1n) is 4.76. The van der Waals surface area contributed by atoms with Crippen molar-refractivity contribution in [1.82, 2.24) is 0 Å². The van der Waals surface area contributed by atoms with Gasteiger partial charge in [-0.3, -0.25) is 0 Å². The lowest BCUT2D eigenvalue weighted by Gasteiger charge is -2.01. The third-order valence-electron chi connectivity index (χ3n) is 2.79. The summed E-state index contributed by atoms with van der Waals surface area (Å²) in [6, 6.07) is 6.55. The molecule has 0 saturated heterocycles. The minimum absolute atomic E-state index is 0.132. The molecule has 1 aliphatic carbocycles. The predicted molar refractivity (Wildman–Crippen MR) is 55.7 cm³/mol. The molecule has 15 heavy (non-hydrogen) atoms. The van der Waals surface area contributed by atoms with E-state index in [2.05, 4.69) is 0 Å². The Bertz CT molecular complexity index is 452. The van der Waals surface area contributed by atoms with Gasteiger partial charge in [-0.05, 0) is 36.0 Å². The highest BCUT2D eigenvalue weighted by molar-refractivity contribution is 7.89. The number of hydrogen-bond donors (Lipinski definition) is 2. The molecule has 4 nitrogen and oxygen atoms in total. The average Bonchev–Trinajstić information content (AvgIpc) is 2.95. The molecule has 0 amide bonds. The third kappa shape index (κ3) is 2.19. The van der Waals surface area contributed by atoms with Crippen LogP contribution in [0, 0.1) is 5.92 Å². The fraction of sp³-hybridized carbons (Fsp3) is 0.400. The summed E-state index contributed by atoms with van der Waals surface area (Å²) >= 11 is 0. The minimum Gasteiger partial charge on any atom is -0.396 e. The zero-order valence-electron chi connectivity index (χ0n) is 8.13. The molecule has 1 aromatic carbocycles. The number of aliphatic hydroxyl groups excluding tert-OH is 1. The molecule has 0 unspecified atom stereocenters. The first-order chi connectivity index (χ1) is 7.02. The Morgan fingerprint density at radius 2 is 1.93 bits per heavy atom. The van der Waals surface area contributed by atoms with Gasteiger partial charge in [0.15, 0.2) is 0 Å². The summed E-state index contributed by atoms with van der Waals surface area (Å²) in [6.07, 6.45) is 0.977. The van der Waals surface area contributed by atoms with Gasteiger partial charge in [-0.25, -0.2) is 13.6 Å². The van der Waals surface area contributed by atoms with E-state index in [-0.39, 0.29) is 11.5 Å². The molecular weight excluding hydrogens is 214 g/mol. The van der Waals surface area contributed by atoms with Crippen molar-refractivity contribution in [2.75, 3.05) is 6.61 Å². The first kappa shape index (κ1) is 10.6. The van der Waals surface area contributed by atoms with E-state index in [0.29, 0.717) is 11.8 Å². The summed E-state index contributed by atoms with van der Waals surface area (Å²) in [4.78, 5) is 0.132. The standard InChI is InChI=1S/C10H13NO3S/c11-15(13,14)9-3-1-7(2-4-9)10-5-8(10)6-12/h1-4,8,10,12H,5-6H2,(H2,11,13,14)/t8-,10-/m0/s1. The fourth-order valence-corrected chi connectivity index (χ4v) is 2.28. The van der Waals surface area contributed by atoms with E-state index in [0.717, 1.165) is 12.0 Å². The van der Waals surface area contributed by atoms with Crippen LogP contribution in [-0.2, 0) is 10.0 Å². The maximum absolute atomic E-state index is 11.0. The Hall–Kier alpha value is -0.910. The van der Waals surface area contributed by atoms with Crippen molar-refractivity contribution in [2.45, 2.75) is 17.2 Å². The van der Waals surface area contributed by atoms with Gasteiger partial charge >= 0.3 is 0 Å². The number of nitrogens with two attached hydrogens (primary N) is 1.